The molecule has 0 spiro atoms. The third-order valence-corrected chi connectivity index (χ3v) is 3.15. The van der Waals surface area contributed by atoms with Crippen molar-refractivity contribution in [2.45, 2.75) is 6.92 Å². The molecule has 8 heteroatoms. The van der Waals surface area contributed by atoms with Crippen LogP contribution in [0.1, 0.15) is 11.5 Å². The normalized spacial score (nSPS) is 10.2. The van der Waals surface area contributed by atoms with Gasteiger partial charge in [-0.1, -0.05) is 5.16 Å². The lowest BCUT2D eigenvalue weighted by molar-refractivity contribution is -0.385. The van der Waals surface area contributed by atoms with Gasteiger partial charge >= 0.3 is 5.69 Å². The second kappa shape index (κ2) is 6.18. The Bertz CT molecular complexity index is 941. The first kappa shape index (κ1) is 15.2. The summed E-state index contributed by atoms with van der Waals surface area (Å²) in [6.45, 7) is 1.69. The second-order valence-electron chi connectivity index (χ2n) is 4.81. The van der Waals surface area contributed by atoms with Crippen LogP contribution in [0.25, 0.3) is 11.4 Å². The highest BCUT2D eigenvalue weighted by molar-refractivity contribution is 5.57. The lowest BCUT2D eigenvalue weighted by Gasteiger charge is -2.06. The minimum Gasteiger partial charge on any atom is -0.450 e. The molecule has 0 unspecified atom stereocenters. The average molecular weight is 322 g/mol. The molecule has 8 nitrogen and oxygen atoms in total. The van der Waals surface area contributed by atoms with Crippen LogP contribution in [0.2, 0.25) is 0 Å². The number of nitrogens with zero attached hydrogens (tertiary/aromatic N) is 4. The van der Waals surface area contributed by atoms with Gasteiger partial charge in [0.25, 0.3) is 0 Å². The molecular formula is C16H10N4O4. The number of ether oxygens (including phenoxy) is 1. The van der Waals surface area contributed by atoms with E-state index in [1.54, 1.807) is 31.2 Å². The summed E-state index contributed by atoms with van der Waals surface area (Å²) in [6.07, 6.45) is 0. The fourth-order valence-electron chi connectivity index (χ4n) is 2.03. The van der Waals surface area contributed by atoms with Crippen molar-refractivity contribution in [1.29, 1.82) is 5.26 Å². The van der Waals surface area contributed by atoms with E-state index in [2.05, 4.69) is 10.1 Å². The van der Waals surface area contributed by atoms with Crippen LogP contribution >= 0.6 is 0 Å². The summed E-state index contributed by atoms with van der Waals surface area (Å²) in [5.41, 5.74) is 0.650. The van der Waals surface area contributed by atoms with Crippen molar-refractivity contribution in [3.05, 3.63) is 64.0 Å². The number of nitriles is 1. The molecule has 0 N–H and O–H groups in total. The maximum atomic E-state index is 11.1. The summed E-state index contributed by atoms with van der Waals surface area (Å²) in [4.78, 5) is 14.6. The van der Waals surface area contributed by atoms with E-state index in [0.717, 1.165) is 5.56 Å². The van der Waals surface area contributed by atoms with E-state index >= 15 is 0 Å². The van der Waals surface area contributed by atoms with Gasteiger partial charge in [-0.05, 0) is 36.4 Å². The topological polar surface area (TPSA) is 115 Å². The van der Waals surface area contributed by atoms with Gasteiger partial charge in [-0.2, -0.15) is 10.2 Å². The molecule has 0 fully saturated rings. The van der Waals surface area contributed by atoms with Crippen LogP contribution in [0.4, 0.5) is 5.69 Å². The summed E-state index contributed by atoms with van der Waals surface area (Å²) < 4.78 is 10.5. The molecule has 0 radical (unpaired) electrons. The monoisotopic (exact) mass is 322 g/mol. The first-order valence-corrected chi connectivity index (χ1v) is 6.84. The zero-order valence-electron chi connectivity index (χ0n) is 12.5. The van der Waals surface area contributed by atoms with Gasteiger partial charge in [0.05, 0.1) is 16.6 Å². The Kier molecular flexibility index (Phi) is 3.91. The van der Waals surface area contributed by atoms with Gasteiger partial charge in [-0.15, -0.1) is 0 Å². The summed E-state index contributed by atoms with van der Waals surface area (Å²) >= 11 is 0. The molecule has 3 aromatic rings. The third kappa shape index (κ3) is 3.05. The van der Waals surface area contributed by atoms with Gasteiger partial charge in [-0.25, -0.2) is 0 Å². The van der Waals surface area contributed by atoms with E-state index in [1.807, 2.05) is 6.07 Å². The maximum absolute atomic E-state index is 11.1. The smallest absolute Gasteiger partial charge is 0.312 e. The molecule has 2 aromatic carbocycles. The number of hydrogen-bond donors (Lipinski definition) is 0. The van der Waals surface area contributed by atoms with Gasteiger partial charge < -0.3 is 9.26 Å². The van der Waals surface area contributed by atoms with Crippen LogP contribution in [-0.2, 0) is 0 Å². The first-order chi connectivity index (χ1) is 11.6. The minimum absolute atomic E-state index is 0.0576. The van der Waals surface area contributed by atoms with Crippen LogP contribution in [0.3, 0.4) is 0 Å². The van der Waals surface area contributed by atoms with E-state index in [0.29, 0.717) is 17.5 Å². The fraction of sp³-hybridized carbons (Fsp3) is 0.0625. The second-order valence-corrected chi connectivity index (χ2v) is 4.81. The predicted molar refractivity (Wildman–Crippen MR) is 82.4 cm³/mol. The quantitative estimate of drug-likeness (QED) is 0.532. The molecule has 0 aliphatic heterocycles. The largest absolute Gasteiger partial charge is 0.450 e. The summed E-state index contributed by atoms with van der Waals surface area (Å²) in [7, 11) is 0. The molecule has 24 heavy (non-hydrogen) atoms. The van der Waals surface area contributed by atoms with Crippen LogP contribution in [0.15, 0.2) is 47.0 Å². The van der Waals surface area contributed by atoms with Crippen molar-refractivity contribution in [3.8, 4) is 29.0 Å². The van der Waals surface area contributed by atoms with Crippen LogP contribution in [-0.4, -0.2) is 15.1 Å². The zero-order valence-corrected chi connectivity index (χ0v) is 12.5. The molecule has 1 heterocycles. The minimum atomic E-state index is -0.591. The van der Waals surface area contributed by atoms with Gasteiger partial charge in [0.1, 0.15) is 5.75 Å². The Balaban J connectivity index is 1.87. The molecule has 0 aliphatic carbocycles. The van der Waals surface area contributed by atoms with E-state index in [1.165, 1.54) is 18.2 Å². The highest BCUT2D eigenvalue weighted by atomic mass is 16.6. The molecule has 3 rings (SSSR count). The van der Waals surface area contributed by atoms with E-state index in [4.69, 9.17) is 14.5 Å². The fourth-order valence-corrected chi connectivity index (χ4v) is 2.03. The third-order valence-electron chi connectivity index (χ3n) is 3.15. The summed E-state index contributed by atoms with van der Waals surface area (Å²) in [5, 5.41) is 23.8. The number of benzene rings is 2. The van der Waals surface area contributed by atoms with Crippen molar-refractivity contribution < 1.29 is 14.2 Å². The first-order valence-electron chi connectivity index (χ1n) is 6.84. The molecule has 1 aromatic heterocycles. The van der Waals surface area contributed by atoms with E-state index < -0.39 is 4.92 Å². The van der Waals surface area contributed by atoms with E-state index in [-0.39, 0.29) is 17.0 Å². The van der Waals surface area contributed by atoms with Gasteiger partial charge in [0, 0.05) is 18.6 Å². The lowest BCUT2D eigenvalue weighted by Crippen LogP contribution is -1.94. The Hall–Kier alpha value is -3.73. The molecular weight excluding hydrogens is 312 g/mol. The van der Waals surface area contributed by atoms with Gasteiger partial charge in [0.2, 0.25) is 17.5 Å². The average Bonchev–Trinajstić information content (AvgIpc) is 3.02. The maximum Gasteiger partial charge on any atom is 0.312 e. The molecule has 0 saturated carbocycles. The Labute approximate surface area is 136 Å². The number of rotatable bonds is 4. The molecule has 0 saturated heterocycles. The predicted octanol–water partition coefficient (Wildman–Crippen LogP) is 3.62. The van der Waals surface area contributed by atoms with Crippen molar-refractivity contribution in [2.24, 2.45) is 0 Å². The van der Waals surface area contributed by atoms with Crippen LogP contribution in [0, 0.1) is 28.4 Å². The van der Waals surface area contributed by atoms with Crippen molar-refractivity contribution in [1.82, 2.24) is 10.1 Å². The summed E-state index contributed by atoms with van der Waals surface area (Å²) in [6, 6.07) is 12.6. The molecule has 0 aliphatic rings. The van der Waals surface area contributed by atoms with Crippen molar-refractivity contribution in [3.63, 3.8) is 0 Å². The molecule has 0 bridgehead atoms. The van der Waals surface area contributed by atoms with E-state index in [9.17, 15) is 10.1 Å². The highest BCUT2D eigenvalue weighted by Crippen LogP contribution is 2.32. The number of nitro groups is 1. The summed E-state index contributed by atoms with van der Waals surface area (Å²) in [5.74, 6) is 1.37. The van der Waals surface area contributed by atoms with Gasteiger partial charge in [0.15, 0.2) is 0 Å². The standard InChI is InChI=1S/C16H10N4O4/c1-10-18-16(19-24-10)12-3-5-13(6-4-12)23-15-7-2-11(9-17)8-14(15)20(21)22/h2-8H,1H3. The number of aromatic nitrogens is 2. The number of aryl methyl sites for hydroxylation is 1. The molecule has 0 amide bonds. The number of hydrogen-bond acceptors (Lipinski definition) is 7. The number of nitro benzene ring substituents is 1. The van der Waals surface area contributed by atoms with Crippen LogP contribution in [0.5, 0.6) is 11.5 Å². The Morgan fingerprint density at radius 1 is 1.25 bits per heavy atom. The SMILES string of the molecule is Cc1nc(-c2ccc(Oc3ccc(C#N)cc3[N+](=O)[O-])cc2)no1. The van der Waals surface area contributed by atoms with Crippen LogP contribution < -0.4 is 4.74 Å². The van der Waals surface area contributed by atoms with Gasteiger partial charge in [-0.3, -0.25) is 10.1 Å². The highest BCUT2D eigenvalue weighted by Gasteiger charge is 2.17. The lowest BCUT2D eigenvalue weighted by atomic mass is 10.2. The molecule has 118 valence electrons. The Morgan fingerprint density at radius 2 is 2.00 bits per heavy atom. The zero-order chi connectivity index (χ0) is 17.1. The van der Waals surface area contributed by atoms with Crippen molar-refractivity contribution >= 4 is 5.69 Å². The van der Waals surface area contributed by atoms with Crippen molar-refractivity contribution in [2.75, 3.05) is 0 Å². The molecule has 0 atom stereocenters. The Morgan fingerprint density at radius 3 is 2.58 bits per heavy atom.